The summed E-state index contributed by atoms with van der Waals surface area (Å²) in [6.45, 7) is 4.58. The van der Waals surface area contributed by atoms with E-state index in [1.807, 2.05) is 26.0 Å². The highest BCUT2D eigenvalue weighted by Crippen LogP contribution is 2.26. The fourth-order valence-electron chi connectivity index (χ4n) is 1.54. The van der Waals surface area contributed by atoms with Crippen LogP contribution < -0.4 is 0 Å². The summed E-state index contributed by atoms with van der Waals surface area (Å²) >= 11 is 0. The Morgan fingerprint density at radius 1 is 1.33 bits per heavy atom. The van der Waals surface area contributed by atoms with Crippen molar-refractivity contribution in [2.75, 3.05) is 0 Å². The molecule has 2 rings (SSSR count). The third kappa shape index (κ3) is 1.70. The van der Waals surface area contributed by atoms with Crippen LogP contribution in [0.4, 0.5) is 0 Å². The summed E-state index contributed by atoms with van der Waals surface area (Å²) in [6, 6.07) is 7.15. The van der Waals surface area contributed by atoms with Gasteiger partial charge in [0.05, 0.1) is 5.56 Å². The van der Waals surface area contributed by atoms with Crippen LogP contribution in [0.15, 0.2) is 24.3 Å². The second-order valence-electron chi connectivity index (χ2n) is 3.32. The average molecular weight is 203 g/mol. The lowest BCUT2D eigenvalue weighted by Crippen LogP contribution is -1.99. The number of aromatic nitrogens is 3. The van der Waals surface area contributed by atoms with E-state index in [0.717, 1.165) is 17.9 Å². The minimum Gasteiger partial charge on any atom is -0.507 e. The number of aryl methyl sites for hydroxylation is 2. The Morgan fingerprint density at radius 3 is 2.73 bits per heavy atom. The maximum atomic E-state index is 9.71. The fourth-order valence-corrected chi connectivity index (χ4v) is 1.54. The maximum Gasteiger partial charge on any atom is 0.162 e. The zero-order valence-electron chi connectivity index (χ0n) is 8.81. The molecule has 0 bridgehead atoms. The Labute approximate surface area is 88.2 Å². The molecular weight excluding hydrogens is 190 g/mol. The van der Waals surface area contributed by atoms with Crippen LogP contribution in [0.3, 0.4) is 0 Å². The van der Waals surface area contributed by atoms with Crippen molar-refractivity contribution in [2.24, 2.45) is 0 Å². The van der Waals surface area contributed by atoms with Crippen LogP contribution in [0, 0.1) is 6.92 Å². The minimum atomic E-state index is 0.236. The molecule has 1 N–H and O–H groups in total. The van der Waals surface area contributed by atoms with E-state index >= 15 is 0 Å². The summed E-state index contributed by atoms with van der Waals surface area (Å²) in [6.07, 6.45) is 0. The summed E-state index contributed by atoms with van der Waals surface area (Å²) in [5.74, 6) is 1.67. The topological polar surface area (TPSA) is 50.9 Å². The molecule has 0 aliphatic carbocycles. The van der Waals surface area contributed by atoms with Crippen LogP contribution in [0.1, 0.15) is 12.7 Å². The summed E-state index contributed by atoms with van der Waals surface area (Å²) in [4.78, 5) is 4.30. The SMILES string of the molecule is CCn1nc(C)nc1-c1ccccc1O. The normalized spacial score (nSPS) is 10.5. The Hall–Kier alpha value is -1.84. The van der Waals surface area contributed by atoms with Crippen LogP contribution >= 0.6 is 0 Å². The highest BCUT2D eigenvalue weighted by molar-refractivity contribution is 5.63. The lowest BCUT2D eigenvalue weighted by atomic mass is 10.2. The van der Waals surface area contributed by atoms with Gasteiger partial charge in [0.2, 0.25) is 0 Å². The first kappa shape index (κ1) is 9.71. The molecule has 0 saturated carbocycles. The molecule has 4 heteroatoms. The molecular formula is C11H13N3O. The molecule has 0 saturated heterocycles. The van der Waals surface area contributed by atoms with Gasteiger partial charge in [-0.25, -0.2) is 9.67 Å². The molecule has 0 atom stereocenters. The van der Waals surface area contributed by atoms with Gasteiger partial charge in [-0.1, -0.05) is 12.1 Å². The van der Waals surface area contributed by atoms with Crippen molar-refractivity contribution >= 4 is 0 Å². The number of rotatable bonds is 2. The molecule has 0 amide bonds. The first-order valence-electron chi connectivity index (χ1n) is 4.92. The molecule has 4 nitrogen and oxygen atoms in total. The van der Waals surface area contributed by atoms with Gasteiger partial charge < -0.3 is 5.11 Å². The number of phenols is 1. The Kier molecular flexibility index (Phi) is 2.41. The van der Waals surface area contributed by atoms with Crippen LogP contribution in [-0.2, 0) is 6.54 Å². The molecule has 1 aromatic carbocycles. The van der Waals surface area contributed by atoms with E-state index in [4.69, 9.17) is 0 Å². The monoisotopic (exact) mass is 203 g/mol. The molecule has 0 unspecified atom stereocenters. The van der Waals surface area contributed by atoms with Crippen molar-refractivity contribution in [3.05, 3.63) is 30.1 Å². The highest BCUT2D eigenvalue weighted by atomic mass is 16.3. The minimum absolute atomic E-state index is 0.236. The molecule has 0 fully saturated rings. The maximum absolute atomic E-state index is 9.71. The van der Waals surface area contributed by atoms with Gasteiger partial charge in [0.15, 0.2) is 5.82 Å². The first-order chi connectivity index (χ1) is 7.22. The molecule has 1 aromatic heterocycles. The van der Waals surface area contributed by atoms with Crippen molar-refractivity contribution in [2.45, 2.75) is 20.4 Å². The van der Waals surface area contributed by atoms with E-state index < -0.39 is 0 Å². The quantitative estimate of drug-likeness (QED) is 0.811. The van der Waals surface area contributed by atoms with Crippen LogP contribution in [0.5, 0.6) is 5.75 Å². The summed E-state index contributed by atoms with van der Waals surface area (Å²) < 4.78 is 1.78. The second-order valence-corrected chi connectivity index (χ2v) is 3.32. The predicted octanol–water partition coefficient (Wildman–Crippen LogP) is 1.98. The van der Waals surface area contributed by atoms with Gasteiger partial charge in [0.1, 0.15) is 11.6 Å². The number of para-hydroxylation sites is 1. The van der Waals surface area contributed by atoms with Gasteiger partial charge in [-0.15, -0.1) is 0 Å². The number of nitrogens with zero attached hydrogens (tertiary/aromatic N) is 3. The molecule has 15 heavy (non-hydrogen) atoms. The van der Waals surface area contributed by atoms with Gasteiger partial charge in [0, 0.05) is 6.54 Å². The fraction of sp³-hybridized carbons (Fsp3) is 0.273. The van der Waals surface area contributed by atoms with Crippen molar-refractivity contribution in [1.29, 1.82) is 0 Å². The van der Waals surface area contributed by atoms with Crippen LogP contribution in [-0.4, -0.2) is 19.9 Å². The number of hydrogen-bond acceptors (Lipinski definition) is 3. The third-order valence-electron chi connectivity index (χ3n) is 2.22. The summed E-state index contributed by atoms with van der Waals surface area (Å²) in [7, 11) is 0. The Morgan fingerprint density at radius 2 is 2.07 bits per heavy atom. The van der Waals surface area contributed by atoms with Crippen molar-refractivity contribution in [3.8, 4) is 17.1 Å². The second kappa shape index (κ2) is 3.73. The number of aromatic hydroxyl groups is 1. The predicted molar refractivity (Wildman–Crippen MR) is 57.5 cm³/mol. The van der Waals surface area contributed by atoms with E-state index in [1.165, 1.54) is 0 Å². The largest absolute Gasteiger partial charge is 0.507 e. The van der Waals surface area contributed by atoms with E-state index in [0.29, 0.717) is 5.82 Å². The smallest absolute Gasteiger partial charge is 0.162 e. The molecule has 0 radical (unpaired) electrons. The Balaban J connectivity index is 2.58. The molecule has 0 spiro atoms. The molecule has 2 aromatic rings. The zero-order valence-corrected chi connectivity index (χ0v) is 8.81. The van der Waals surface area contributed by atoms with Crippen LogP contribution in [0.2, 0.25) is 0 Å². The van der Waals surface area contributed by atoms with Crippen molar-refractivity contribution in [3.63, 3.8) is 0 Å². The van der Waals surface area contributed by atoms with E-state index in [-0.39, 0.29) is 5.75 Å². The van der Waals surface area contributed by atoms with E-state index in [2.05, 4.69) is 10.1 Å². The lowest BCUT2D eigenvalue weighted by Gasteiger charge is -2.04. The lowest BCUT2D eigenvalue weighted by molar-refractivity contribution is 0.476. The highest BCUT2D eigenvalue weighted by Gasteiger charge is 2.11. The van der Waals surface area contributed by atoms with Gasteiger partial charge in [-0.3, -0.25) is 0 Å². The number of phenolic OH excluding ortho intramolecular Hbond substituents is 1. The van der Waals surface area contributed by atoms with Gasteiger partial charge in [-0.05, 0) is 26.0 Å². The van der Waals surface area contributed by atoms with Crippen molar-refractivity contribution < 1.29 is 5.11 Å². The number of benzene rings is 1. The average Bonchev–Trinajstić information content (AvgIpc) is 2.60. The third-order valence-corrected chi connectivity index (χ3v) is 2.22. The van der Waals surface area contributed by atoms with E-state index in [9.17, 15) is 5.11 Å². The molecule has 0 aliphatic heterocycles. The molecule has 0 aliphatic rings. The van der Waals surface area contributed by atoms with E-state index in [1.54, 1.807) is 16.8 Å². The number of hydrogen-bond donors (Lipinski definition) is 1. The molecule has 1 heterocycles. The zero-order chi connectivity index (χ0) is 10.8. The standard InChI is InChI=1S/C11H13N3O/c1-3-14-11(12-8(2)13-14)9-6-4-5-7-10(9)15/h4-7,15H,3H2,1-2H3. The molecule has 78 valence electrons. The first-order valence-corrected chi connectivity index (χ1v) is 4.92. The van der Waals surface area contributed by atoms with Crippen molar-refractivity contribution in [1.82, 2.24) is 14.8 Å². The van der Waals surface area contributed by atoms with Crippen LogP contribution in [0.25, 0.3) is 11.4 Å². The Bertz CT molecular complexity index is 476. The summed E-state index contributed by atoms with van der Waals surface area (Å²) in [5.41, 5.74) is 0.722. The summed E-state index contributed by atoms with van der Waals surface area (Å²) in [5, 5.41) is 14.0. The van der Waals surface area contributed by atoms with Gasteiger partial charge in [-0.2, -0.15) is 5.10 Å². The van der Waals surface area contributed by atoms with Gasteiger partial charge in [0.25, 0.3) is 0 Å². The van der Waals surface area contributed by atoms with Gasteiger partial charge >= 0.3 is 0 Å².